The first-order valence-corrected chi connectivity index (χ1v) is 6.77. The first kappa shape index (κ1) is 13.4. The zero-order chi connectivity index (χ0) is 14.8. The fraction of sp³-hybridized carbons (Fsp3) is 0.267. The van der Waals surface area contributed by atoms with Crippen molar-refractivity contribution in [1.82, 2.24) is 9.88 Å². The van der Waals surface area contributed by atoms with Gasteiger partial charge in [-0.05, 0) is 18.6 Å². The Kier molecular flexibility index (Phi) is 3.43. The van der Waals surface area contributed by atoms with Crippen LogP contribution >= 0.6 is 0 Å². The largest absolute Gasteiger partial charge is 0.465 e. The van der Waals surface area contributed by atoms with Gasteiger partial charge in [-0.3, -0.25) is 9.78 Å². The average molecular weight is 285 g/mol. The molecule has 6 nitrogen and oxygen atoms in total. The minimum absolute atomic E-state index is 0.156. The topological polar surface area (TPSA) is 82.5 Å². The van der Waals surface area contributed by atoms with E-state index in [1.165, 1.54) is 4.90 Å². The molecule has 1 aromatic carbocycles. The maximum atomic E-state index is 12.3. The second-order valence-corrected chi connectivity index (χ2v) is 5.08. The smallest absolute Gasteiger partial charge is 0.407 e. The molecule has 1 aromatic heterocycles. The van der Waals surface area contributed by atoms with E-state index in [1.54, 1.807) is 12.3 Å². The van der Waals surface area contributed by atoms with Crippen LogP contribution in [0.5, 0.6) is 0 Å². The lowest BCUT2D eigenvalue weighted by atomic mass is 10.1. The van der Waals surface area contributed by atoms with Gasteiger partial charge in [0, 0.05) is 24.7 Å². The fourth-order valence-electron chi connectivity index (χ4n) is 2.59. The Balaban J connectivity index is 1.77. The summed E-state index contributed by atoms with van der Waals surface area (Å²) in [5.41, 5.74) is 1.40. The van der Waals surface area contributed by atoms with E-state index in [2.05, 4.69) is 10.3 Å². The molecule has 6 heteroatoms. The van der Waals surface area contributed by atoms with Crippen LogP contribution in [0.25, 0.3) is 10.9 Å². The van der Waals surface area contributed by atoms with Crippen LogP contribution in [0.4, 0.5) is 10.5 Å². The molecular formula is C15H15N3O3. The summed E-state index contributed by atoms with van der Waals surface area (Å²) in [6.07, 6.45) is 1.26. The summed E-state index contributed by atoms with van der Waals surface area (Å²) in [4.78, 5) is 28.7. The third kappa shape index (κ3) is 2.65. The number of para-hydroxylation sites is 1. The molecule has 1 atom stereocenters. The van der Waals surface area contributed by atoms with E-state index in [0.717, 1.165) is 10.9 Å². The first-order chi connectivity index (χ1) is 10.1. The number of amides is 2. The number of nitrogens with one attached hydrogen (secondary N) is 1. The minimum atomic E-state index is -0.975. The molecule has 1 fully saturated rings. The lowest BCUT2D eigenvalue weighted by Crippen LogP contribution is -2.30. The summed E-state index contributed by atoms with van der Waals surface area (Å²) in [5.74, 6) is -0.461. The highest BCUT2D eigenvalue weighted by molar-refractivity contribution is 6.01. The van der Waals surface area contributed by atoms with Crippen LogP contribution in [0.2, 0.25) is 0 Å². The number of carbonyl (C=O) groups is 2. The van der Waals surface area contributed by atoms with E-state index in [0.29, 0.717) is 18.7 Å². The molecule has 3 rings (SSSR count). The second-order valence-electron chi connectivity index (χ2n) is 5.08. The number of likely N-dealkylation sites (tertiary alicyclic amines) is 1. The normalized spacial score (nSPS) is 17.9. The Bertz CT molecular complexity index is 696. The summed E-state index contributed by atoms with van der Waals surface area (Å²) < 4.78 is 0. The third-order valence-electron chi connectivity index (χ3n) is 3.72. The van der Waals surface area contributed by atoms with Crippen LogP contribution in [-0.2, 0) is 4.79 Å². The molecule has 108 valence electrons. The van der Waals surface area contributed by atoms with Crippen molar-refractivity contribution < 1.29 is 14.7 Å². The number of aromatic nitrogens is 1. The first-order valence-electron chi connectivity index (χ1n) is 6.77. The highest BCUT2D eigenvalue weighted by Crippen LogP contribution is 2.23. The zero-order valence-corrected chi connectivity index (χ0v) is 11.3. The molecule has 2 N–H and O–H groups in total. The van der Waals surface area contributed by atoms with Crippen LogP contribution in [0.3, 0.4) is 0 Å². The highest BCUT2D eigenvalue weighted by Gasteiger charge is 2.31. The van der Waals surface area contributed by atoms with Crippen LogP contribution in [-0.4, -0.2) is 40.1 Å². The third-order valence-corrected chi connectivity index (χ3v) is 3.72. The van der Waals surface area contributed by atoms with Crippen LogP contribution in [0, 0.1) is 5.92 Å². The predicted octanol–water partition coefficient (Wildman–Crippen LogP) is 2.17. The standard InChI is InChI=1S/C15H15N3O3/c19-14(11-6-8-18(9-11)15(20)21)17-12-5-1-3-10-4-2-7-16-13(10)12/h1-5,7,11H,6,8-9H2,(H,17,19)(H,20,21)/t11-/m0/s1. The van der Waals surface area contributed by atoms with Gasteiger partial charge in [-0.25, -0.2) is 4.79 Å². The average Bonchev–Trinajstić information content (AvgIpc) is 2.98. The molecule has 0 unspecified atom stereocenters. The lowest BCUT2D eigenvalue weighted by molar-refractivity contribution is -0.119. The maximum Gasteiger partial charge on any atom is 0.407 e. The van der Waals surface area contributed by atoms with Gasteiger partial charge in [0.25, 0.3) is 0 Å². The molecule has 2 heterocycles. The summed E-state index contributed by atoms with van der Waals surface area (Å²) >= 11 is 0. The van der Waals surface area contributed by atoms with Gasteiger partial charge >= 0.3 is 6.09 Å². The fourth-order valence-corrected chi connectivity index (χ4v) is 2.59. The van der Waals surface area contributed by atoms with E-state index in [-0.39, 0.29) is 18.4 Å². The number of hydrogen-bond donors (Lipinski definition) is 2. The molecule has 2 aromatic rings. The van der Waals surface area contributed by atoms with Crippen molar-refractivity contribution in [3.05, 3.63) is 36.5 Å². The maximum absolute atomic E-state index is 12.3. The van der Waals surface area contributed by atoms with Gasteiger partial charge in [0.15, 0.2) is 0 Å². The van der Waals surface area contributed by atoms with Crippen molar-refractivity contribution in [2.45, 2.75) is 6.42 Å². The molecule has 1 aliphatic rings. The zero-order valence-electron chi connectivity index (χ0n) is 11.3. The molecule has 0 spiro atoms. The molecule has 2 amide bonds. The van der Waals surface area contributed by atoms with Crippen molar-refractivity contribution >= 4 is 28.6 Å². The highest BCUT2D eigenvalue weighted by atomic mass is 16.4. The number of hydrogen-bond acceptors (Lipinski definition) is 3. The van der Waals surface area contributed by atoms with Crippen molar-refractivity contribution in [2.75, 3.05) is 18.4 Å². The SMILES string of the molecule is O=C(Nc1cccc2cccnc12)[C@H]1CCN(C(=O)O)C1. The number of carboxylic acid groups (broad SMARTS) is 1. The summed E-state index contributed by atoms with van der Waals surface area (Å²) in [7, 11) is 0. The Morgan fingerprint density at radius 3 is 2.86 bits per heavy atom. The van der Waals surface area contributed by atoms with Crippen LogP contribution < -0.4 is 5.32 Å². The Hall–Kier alpha value is -2.63. The van der Waals surface area contributed by atoms with E-state index >= 15 is 0 Å². The van der Waals surface area contributed by atoms with Crippen molar-refractivity contribution in [3.8, 4) is 0 Å². The molecule has 1 saturated heterocycles. The lowest BCUT2D eigenvalue weighted by Gasteiger charge is -2.13. The van der Waals surface area contributed by atoms with Gasteiger partial charge < -0.3 is 15.3 Å². The van der Waals surface area contributed by atoms with E-state index < -0.39 is 6.09 Å². The monoisotopic (exact) mass is 285 g/mol. The Morgan fingerprint density at radius 1 is 1.29 bits per heavy atom. The van der Waals surface area contributed by atoms with Gasteiger partial charge in [0.05, 0.1) is 17.1 Å². The molecule has 0 aliphatic carbocycles. The number of rotatable bonds is 2. The summed E-state index contributed by atoms with van der Waals surface area (Å²) in [6.45, 7) is 0.653. The van der Waals surface area contributed by atoms with Gasteiger partial charge in [0.2, 0.25) is 5.91 Å². The quantitative estimate of drug-likeness (QED) is 0.886. The predicted molar refractivity (Wildman–Crippen MR) is 78.1 cm³/mol. The van der Waals surface area contributed by atoms with Gasteiger partial charge in [-0.2, -0.15) is 0 Å². The van der Waals surface area contributed by atoms with Crippen LogP contribution in [0.15, 0.2) is 36.5 Å². The molecule has 0 bridgehead atoms. The van der Waals surface area contributed by atoms with Gasteiger partial charge in [-0.1, -0.05) is 18.2 Å². The number of fused-ring (bicyclic) bond motifs is 1. The number of carbonyl (C=O) groups excluding carboxylic acids is 1. The molecule has 1 aliphatic heterocycles. The Labute approximate surface area is 121 Å². The van der Waals surface area contributed by atoms with Crippen molar-refractivity contribution in [2.24, 2.45) is 5.92 Å². The van der Waals surface area contributed by atoms with Gasteiger partial charge in [0.1, 0.15) is 0 Å². The summed E-state index contributed by atoms with van der Waals surface area (Å²) in [5, 5.41) is 12.7. The molecule has 0 saturated carbocycles. The Morgan fingerprint density at radius 2 is 2.10 bits per heavy atom. The van der Waals surface area contributed by atoms with Crippen molar-refractivity contribution in [1.29, 1.82) is 0 Å². The number of benzene rings is 1. The van der Waals surface area contributed by atoms with Gasteiger partial charge in [-0.15, -0.1) is 0 Å². The molecule has 0 radical (unpaired) electrons. The molecular weight excluding hydrogens is 270 g/mol. The van der Waals surface area contributed by atoms with E-state index in [1.807, 2.05) is 24.3 Å². The number of nitrogens with zero attached hydrogens (tertiary/aromatic N) is 2. The van der Waals surface area contributed by atoms with Crippen LogP contribution in [0.1, 0.15) is 6.42 Å². The minimum Gasteiger partial charge on any atom is -0.465 e. The van der Waals surface area contributed by atoms with E-state index in [9.17, 15) is 9.59 Å². The number of pyridine rings is 1. The second kappa shape index (κ2) is 5.40. The summed E-state index contributed by atoms with van der Waals surface area (Å²) in [6, 6.07) is 9.37. The molecule has 21 heavy (non-hydrogen) atoms. The number of anilines is 1. The van der Waals surface area contributed by atoms with Crippen molar-refractivity contribution in [3.63, 3.8) is 0 Å². The van der Waals surface area contributed by atoms with E-state index in [4.69, 9.17) is 5.11 Å².